The molecule has 1 fully saturated rings. The zero-order valence-electron chi connectivity index (χ0n) is 19.2. The molecule has 0 saturated carbocycles. The third kappa shape index (κ3) is 4.35. The maximum absolute atomic E-state index is 13.3. The highest BCUT2D eigenvalue weighted by Gasteiger charge is 2.66. The van der Waals surface area contributed by atoms with Crippen molar-refractivity contribution in [2.75, 3.05) is 31.5 Å². The van der Waals surface area contributed by atoms with Crippen molar-refractivity contribution in [2.45, 2.75) is 16.3 Å². The molecule has 2 atom stereocenters. The number of methoxy groups -OCH3 is 1. The van der Waals surface area contributed by atoms with Gasteiger partial charge < -0.3 is 25.7 Å². The standard InChI is InChI=1S/C19H21N9O6S2/c1-27-18(23-25-26-27)36-8-9-7-35-17-19(33-2,16(32)28(17)13(9)15(30)31)22-14(29)12(24-34-3)10-5-4-6-11(20)21-10/h4-6,17H,7-8H2,1-3H3,(H2,20,21)(H,22,29)(H,30,31)/t17-,19?/m0/s1. The maximum atomic E-state index is 13.3. The van der Waals surface area contributed by atoms with E-state index in [-0.39, 0.29) is 34.4 Å². The number of tetrazole rings is 1. The maximum Gasteiger partial charge on any atom is 0.352 e. The van der Waals surface area contributed by atoms with Crippen LogP contribution in [0.1, 0.15) is 5.69 Å². The number of nitrogen functional groups attached to an aromatic ring is 1. The van der Waals surface area contributed by atoms with Crippen LogP contribution in [-0.2, 0) is 31.0 Å². The third-order valence-corrected chi connectivity index (χ3v) is 7.77. The van der Waals surface area contributed by atoms with Crippen LogP contribution in [0.2, 0.25) is 0 Å². The number of nitrogens with zero attached hydrogens (tertiary/aromatic N) is 7. The number of carboxylic acid groups (broad SMARTS) is 1. The van der Waals surface area contributed by atoms with Gasteiger partial charge >= 0.3 is 5.97 Å². The van der Waals surface area contributed by atoms with Crippen LogP contribution < -0.4 is 11.1 Å². The number of ether oxygens (including phenoxy) is 1. The molecule has 1 unspecified atom stereocenters. The Morgan fingerprint density at radius 1 is 1.42 bits per heavy atom. The van der Waals surface area contributed by atoms with E-state index >= 15 is 0 Å². The zero-order chi connectivity index (χ0) is 26.0. The summed E-state index contributed by atoms with van der Waals surface area (Å²) in [6, 6.07) is 4.61. The molecular formula is C19H21N9O6S2. The lowest BCUT2D eigenvalue weighted by atomic mass is 9.98. The summed E-state index contributed by atoms with van der Waals surface area (Å²) in [5, 5.41) is 27.0. The molecule has 15 nitrogen and oxygen atoms in total. The number of carboxylic acids is 1. The van der Waals surface area contributed by atoms with Crippen molar-refractivity contribution in [1.29, 1.82) is 0 Å². The van der Waals surface area contributed by atoms with Crippen LogP contribution in [0.4, 0.5) is 5.82 Å². The second-order valence-corrected chi connectivity index (χ2v) is 9.44. The summed E-state index contributed by atoms with van der Waals surface area (Å²) in [7, 11) is 4.16. The number of aryl methyl sites for hydroxylation is 1. The number of β-lactam (4-membered cyclic amide) rings is 1. The number of oxime groups is 1. The quantitative estimate of drug-likeness (QED) is 0.117. The molecule has 2 aliphatic heterocycles. The lowest BCUT2D eigenvalue weighted by Gasteiger charge is -2.55. The number of nitrogens with one attached hydrogen (secondary N) is 1. The van der Waals surface area contributed by atoms with Crippen LogP contribution in [0.3, 0.4) is 0 Å². The molecule has 2 aliphatic rings. The molecule has 0 spiro atoms. The molecule has 36 heavy (non-hydrogen) atoms. The van der Waals surface area contributed by atoms with Gasteiger partial charge in [-0.1, -0.05) is 23.0 Å². The van der Waals surface area contributed by atoms with Gasteiger partial charge in [0.2, 0.25) is 5.16 Å². The third-order valence-electron chi connectivity index (χ3n) is 5.30. The van der Waals surface area contributed by atoms with E-state index in [1.807, 2.05) is 0 Å². The Balaban J connectivity index is 1.59. The molecule has 0 radical (unpaired) electrons. The Labute approximate surface area is 212 Å². The van der Waals surface area contributed by atoms with E-state index in [4.69, 9.17) is 15.3 Å². The van der Waals surface area contributed by atoms with E-state index in [2.05, 4.69) is 31.0 Å². The molecule has 0 aliphatic carbocycles. The number of fused-ring (bicyclic) bond motifs is 1. The minimum Gasteiger partial charge on any atom is -0.477 e. The Kier molecular flexibility index (Phi) is 7.14. The van der Waals surface area contributed by atoms with Gasteiger partial charge in [0.25, 0.3) is 17.5 Å². The van der Waals surface area contributed by atoms with Crippen molar-refractivity contribution >= 4 is 52.8 Å². The van der Waals surface area contributed by atoms with Gasteiger partial charge in [0.1, 0.15) is 29.7 Å². The molecular weight excluding hydrogens is 514 g/mol. The highest BCUT2D eigenvalue weighted by Crippen LogP contribution is 2.47. The number of nitrogens with two attached hydrogens (primary N) is 1. The number of thioether (sulfide) groups is 2. The van der Waals surface area contributed by atoms with Crippen molar-refractivity contribution in [3.63, 3.8) is 0 Å². The predicted octanol–water partition coefficient (Wildman–Crippen LogP) is -0.957. The Morgan fingerprint density at radius 2 is 2.19 bits per heavy atom. The number of hydrogen-bond acceptors (Lipinski definition) is 13. The molecule has 2 aromatic heterocycles. The summed E-state index contributed by atoms with van der Waals surface area (Å²) in [6.45, 7) is 0. The summed E-state index contributed by atoms with van der Waals surface area (Å²) in [5.74, 6) is -2.17. The summed E-state index contributed by atoms with van der Waals surface area (Å²) in [5.41, 5.74) is 4.09. The number of aliphatic carboxylic acids is 1. The lowest BCUT2D eigenvalue weighted by molar-refractivity contribution is -0.191. The molecule has 1 saturated heterocycles. The average Bonchev–Trinajstić information content (AvgIpc) is 3.27. The van der Waals surface area contributed by atoms with Crippen molar-refractivity contribution in [3.8, 4) is 0 Å². The highest BCUT2D eigenvalue weighted by atomic mass is 32.2. The van der Waals surface area contributed by atoms with Crippen LogP contribution in [0.5, 0.6) is 0 Å². The first-order chi connectivity index (χ1) is 17.2. The zero-order valence-corrected chi connectivity index (χ0v) is 20.9. The van der Waals surface area contributed by atoms with Crippen LogP contribution in [-0.4, -0.2) is 95.5 Å². The van der Waals surface area contributed by atoms with Gasteiger partial charge in [0.05, 0.1) is 0 Å². The Hall–Kier alpha value is -3.70. The number of hydrogen-bond donors (Lipinski definition) is 3. The molecule has 17 heteroatoms. The normalized spacial score (nSPS) is 21.6. The van der Waals surface area contributed by atoms with E-state index in [0.717, 1.165) is 4.90 Å². The van der Waals surface area contributed by atoms with E-state index in [1.165, 1.54) is 54.6 Å². The number of amides is 2. The van der Waals surface area contributed by atoms with Crippen LogP contribution in [0.25, 0.3) is 0 Å². The summed E-state index contributed by atoms with van der Waals surface area (Å²) < 4.78 is 6.93. The molecule has 190 valence electrons. The summed E-state index contributed by atoms with van der Waals surface area (Å²) >= 11 is 2.49. The smallest absolute Gasteiger partial charge is 0.352 e. The van der Waals surface area contributed by atoms with Crippen molar-refractivity contribution in [1.82, 2.24) is 35.4 Å². The van der Waals surface area contributed by atoms with E-state index in [1.54, 1.807) is 13.1 Å². The number of rotatable bonds is 9. The van der Waals surface area contributed by atoms with E-state index in [0.29, 0.717) is 10.7 Å². The van der Waals surface area contributed by atoms with Crippen LogP contribution >= 0.6 is 23.5 Å². The van der Waals surface area contributed by atoms with Gasteiger partial charge in [-0.15, -0.1) is 16.9 Å². The SMILES string of the molecule is CON=C(C(=O)NC1(OC)C(=O)N2C(C(=O)O)=C(CSc3nnnn3C)CS[C@H]21)c1cccc(N)n1. The minimum absolute atomic E-state index is 0.115. The van der Waals surface area contributed by atoms with E-state index < -0.39 is 28.9 Å². The van der Waals surface area contributed by atoms with Gasteiger partial charge in [-0.25, -0.2) is 14.5 Å². The summed E-state index contributed by atoms with van der Waals surface area (Å²) in [6.07, 6.45) is 0. The molecule has 2 amide bonds. The number of anilines is 1. The topological polar surface area (TPSA) is 200 Å². The first-order valence-corrected chi connectivity index (χ1v) is 12.2. The van der Waals surface area contributed by atoms with Gasteiger partial charge in [0.15, 0.2) is 5.71 Å². The monoisotopic (exact) mass is 535 g/mol. The summed E-state index contributed by atoms with van der Waals surface area (Å²) in [4.78, 5) is 48.6. The lowest BCUT2D eigenvalue weighted by Crippen LogP contribution is -2.81. The van der Waals surface area contributed by atoms with Crippen molar-refractivity contribution in [2.24, 2.45) is 12.2 Å². The van der Waals surface area contributed by atoms with Crippen LogP contribution in [0.15, 0.2) is 39.8 Å². The fourth-order valence-electron chi connectivity index (χ4n) is 3.66. The number of pyridine rings is 1. The van der Waals surface area contributed by atoms with Gasteiger partial charge in [-0.05, 0) is 28.1 Å². The van der Waals surface area contributed by atoms with Crippen molar-refractivity contribution < 1.29 is 29.1 Å². The van der Waals surface area contributed by atoms with E-state index in [9.17, 15) is 19.5 Å². The molecule has 4 rings (SSSR count). The van der Waals surface area contributed by atoms with Crippen molar-refractivity contribution in [3.05, 3.63) is 35.2 Å². The molecule has 4 N–H and O–H groups in total. The van der Waals surface area contributed by atoms with Crippen LogP contribution in [0, 0.1) is 0 Å². The second kappa shape index (κ2) is 10.1. The average molecular weight is 536 g/mol. The molecule has 0 aromatic carbocycles. The fraction of sp³-hybridized carbons (Fsp3) is 0.368. The molecule has 2 aromatic rings. The Bertz CT molecular complexity index is 1280. The first-order valence-electron chi connectivity index (χ1n) is 10.2. The highest BCUT2D eigenvalue weighted by molar-refractivity contribution is 8.01. The van der Waals surface area contributed by atoms with Gasteiger partial charge in [0, 0.05) is 25.7 Å². The predicted molar refractivity (Wildman–Crippen MR) is 127 cm³/mol. The largest absolute Gasteiger partial charge is 0.477 e. The first kappa shape index (κ1) is 25.4. The number of aromatic nitrogens is 5. The molecule has 0 bridgehead atoms. The van der Waals surface area contributed by atoms with Gasteiger partial charge in [-0.3, -0.25) is 14.5 Å². The number of carbonyl (C=O) groups is 3. The Morgan fingerprint density at radius 3 is 2.81 bits per heavy atom. The second-order valence-electron chi connectivity index (χ2n) is 7.43. The number of carbonyl (C=O) groups excluding carboxylic acids is 2. The fourth-order valence-corrected chi connectivity index (χ4v) is 6.08. The minimum atomic E-state index is -1.83. The van der Waals surface area contributed by atoms with Gasteiger partial charge in [-0.2, -0.15) is 0 Å². The molecule has 4 heterocycles.